The number of hydrogen-bond acceptors (Lipinski definition) is 6. The van der Waals surface area contributed by atoms with E-state index in [9.17, 15) is 18.0 Å². The highest BCUT2D eigenvalue weighted by atomic mass is 19.4. The van der Waals surface area contributed by atoms with Crippen LogP contribution in [0.15, 0.2) is 42.9 Å². The van der Waals surface area contributed by atoms with E-state index < -0.39 is 23.4 Å². The number of carbonyl (C=O) groups is 1. The molecule has 0 unspecified atom stereocenters. The summed E-state index contributed by atoms with van der Waals surface area (Å²) >= 11 is 0. The number of fused-ring (bicyclic) bond motifs is 1. The normalized spacial score (nSPS) is 13.2. The summed E-state index contributed by atoms with van der Waals surface area (Å²) in [7, 11) is 0. The van der Waals surface area contributed by atoms with Gasteiger partial charge in [-0.05, 0) is 30.2 Å². The highest BCUT2D eigenvalue weighted by Crippen LogP contribution is 2.39. The maximum absolute atomic E-state index is 13.3. The fourth-order valence-corrected chi connectivity index (χ4v) is 3.63. The zero-order valence-electron chi connectivity index (χ0n) is 17.1. The zero-order valence-corrected chi connectivity index (χ0v) is 17.1. The molecule has 0 saturated heterocycles. The third-order valence-corrected chi connectivity index (χ3v) is 5.20. The predicted molar refractivity (Wildman–Crippen MR) is 113 cm³/mol. The molecule has 2 aromatic heterocycles. The van der Waals surface area contributed by atoms with E-state index in [2.05, 4.69) is 25.1 Å². The summed E-state index contributed by atoms with van der Waals surface area (Å²) in [5.41, 5.74) is 1.05. The average molecular weight is 454 g/mol. The summed E-state index contributed by atoms with van der Waals surface area (Å²) in [4.78, 5) is 28.3. The van der Waals surface area contributed by atoms with Crippen LogP contribution >= 0.6 is 0 Å². The molecule has 33 heavy (non-hydrogen) atoms. The van der Waals surface area contributed by atoms with Crippen LogP contribution in [-0.4, -0.2) is 32.6 Å². The van der Waals surface area contributed by atoms with E-state index in [4.69, 9.17) is 11.7 Å². The van der Waals surface area contributed by atoms with Crippen molar-refractivity contribution in [1.82, 2.24) is 15.0 Å². The Labute approximate surface area is 186 Å². The van der Waals surface area contributed by atoms with Gasteiger partial charge in [-0.1, -0.05) is 12.1 Å². The van der Waals surface area contributed by atoms with Crippen LogP contribution in [0.25, 0.3) is 4.85 Å². The molecule has 1 aromatic carbocycles. The van der Waals surface area contributed by atoms with Crippen LogP contribution in [-0.2, 0) is 30.4 Å². The molecule has 0 amide bonds. The van der Waals surface area contributed by atoms with Crippen molar-refractivity contribution in [2.24, 2.45) is 0 Å². The maximum Gasteiger partial charge on any atom is 0.407 e. The molecule has 0 saturated carbocycles. The van der Waals surface area contributed by atoms with Gasteiger partial charge in [0, 0.05) is 24.0 Å². The van der Waals surface area contributed by atoms with Gasteiger partial charge in [0.2, 0.25) is 0 Å². The summed E-state index contributed by atoms with van der Waals surface area (Å²) in [6.45, 7) is 7.71. The van der Waals surface area contributed by atoms with Crippen LogP contribution in [0.3, 0.4) is 0 Å². The van der Waals surface area contributed by atoms with E-state index in [1.165, 1.54) is 24.7 Å². The Morgan fingerprint density at radius 3 is 2.70 bits per heavy atom. The number of halogens is 3. The van der Waals surface area contributed by atoms with Gasteiger partial charge in [-0.25, -0.2) is 19.8 Å². The number of hydrogen-bond donors (Lipinski definition) is 2. The first-order valence-electron chi connectivity index (χ1n) is 9.84. The molecule has 168 valence electrons. The minimum atomic E-state index is -4.62. The van der Waals surface area contributed by atoms with Crippen molar-refractivity contribution in [3.8, 4) is 0 Å². The van der Waals surface area contributed by atoms with Gasteiger partial charge in [-0.15, -0.1) is 0 Å². The Bertz CT molecular complexity index is 1240. The minimum absolute atomic E-state index is 0.126. The molecule has 11 heteroatoms. The number of nitrogens with zero attached hydrogens (tertiary/aromatic N) is 5. The van der Waals surface area contributed by atoms with Gasteiger partial charge in [-0.3, -0.25) is 4.79 Å². The lowest BCUT2D eigenvalue weighted by atomic mass is 10.0. The number of pyridine rings is 1. The topological polar surface area (TPSA) is 95.6 Å². The van der Waals surface area contributed by atoms with Gasteiger partial charge < -0.3 is 15.3 Å². The molecule has 0 bridgehead atoms. The van der Waals surface area contributed by atoms with Crippen molar-refractivity contribution >= 4 is 29.0 Å². The number of nitrogens with one attached hydrogen (secondary N) is 1. The second-order valence-electron chi connectivity index (χ2n) is 7.38. The van der Waals surface area contributed by atoms with Crippen LogP contribution < -0.4 is 10.2 Å². The fourth-order valence-electron chi connectivity index (χ4n) is 3.63. The van der Waals surface area contributed by atoms with E-state index in [0.29, 0.717) is 41.5 Å². The van der Waals surface area contributed by atoms with E-state index in [0.717, 1.165) is 11.6 Å². The van der Waals surface area contributed by atoms with E-state index in [1.54, 1.807) is 17.0 Å². The van der Waals surface area contributed by atoms with Gasteiger partial charge in [0.05, 0.1) is 30.8 Å². The van der Waals surface area contributed by atoms with E-state index >= 15 is 0 Å². The monoisotopic (exact) mass is 454 g/mol. The third-order valence-electron chi connectivity index (χ3n) is 5.20. The number of aromatic nitrogens is 3. The molecule has 1 aliphatic rings. The Kier molecular flexibility index (Phi) is 5.83. The molecule has 8 nitrogen and oxygen atoms in total. The number of anilines is 3. The number of rotatable bonds is 5. The predicted octanol–water partition coefficient (Wildman–Crippen LogP) is 4.37. The standard InChI is InChI=1S/C22H17F3N6O2/c1-26-17-4-3-14(9-16(17)22(23,24)25)31-7-6-15-18(11-31)28-12-29-21(15)30-19-5-2-13(10-27-19)8-20(32)33/h2-5,9-10,12H,6-8,11H2,(H,32,33)(H,27,28,29,30). The lowest BCUT2D eigenvalue weighted by molar-refractivity contribution is -0.137. The highest BCUT2D eigenvalue weighted by Gasteiger charge is 2.34. The zero-order chi connectivity index (χ0) is 23.6. The van der Waals surface area contributed by atoms with Gasteiger partial charge in [0.1, 0.15) is 18.0 Å². The molecular weight excluding hydrogens is 437 g/mol. The number of alkyl halides is 3. The van der Waals surface area contributed by atoms with Gasteiger partial charge in [0.15, 0.2) is 5.69 Å². The molecule has 4 rings (SSSR count). The van der Waals surface area contributed by atoms with Gasteiger partial charge in [0.25, 0.3) is 0 Å². The smallest absolute Gasteiger partial charge is 0.407 e. The molecule has 0 aliphatic carbocycles. The summed E-state index contributed by atoms with van der Waals surface area (Å²) < 4.78 is 40.0. The maximum atomic E-state index is 13.3. The molecule has 3 aromatic rings. The Morgan fingerprint density at radius 1 is 1.21 bits per heavy atom. The SMILES string of the molecule is [C-]#[N+]c1ccc(N2CCc3c(ncnc3Nc3ccc(CC(=O)O)cn3)C2)cc1C(F)(F)F. The van der Waals surface area contributed by atoms with Gasteiger partial charge in [-0.2, -0.15) is 13.2 Å². The van der Waals surface area contributed by atoms with Crippen molar-refractivity contribution in [2.45, 2.75) is 25.6 Å². The number of benzene rings is 1. The largest absolute Gasteiger partial charge is 0.481 e. The van der Waals surface area contributed by atoms with Crippen LogP contribution in [0, 0.1) is 6.57 Å². The minimum Gasteiger partial charge on any atom is -0.481 e. The molecular formula is C22H17F3N6O2. The number of carboxylic acids is 1. The van der Waals surface area contributed by atoms with Crippen molar-refractivity contribution in [1.29, 1.82) is 0 Å². The first-order chi connectivity index (χ1) is 15.7. The molecule has 1 aliphatic heterocycles. The Hall–Kier alpha value is -4.20. The number of aliphatic carboxylic acids is 1. The summed E-state index contributed by atoms with van der Waals surface area (Å²) in [5, 5.41) is 12.0. The number of carboxylic acid groups (broad SMARTS) is 1. The molecule has 0 spiro atoms. The van der Waals surface area contributed by atoms with Crippen molar-refractivity contribution < 1.29 is 23.1 Å². The van der Waals surface area contributed by atoms with Crippen LogP contribution in [0.2, 0.25) is 0 Å². The fraction of sp³-hybridized carbons (Fsp3) is 0.227. The second-order valence-corrected chi connectivity index (χ2v) is 7.38. The summed E-state index contributed by atoms with van der Waals surface area (Å²) in [6, 6.07) is 7.01. The van der Waals surface area contributed by atoms with Crippen LogP contribution in [0.1, 0.15) is 22.4 Å². The van der Waals surface area contributed by atoms with Crippen molar-refractivity contribution in [3.05, 3.63) is 76.7 Å². The van der Waals surface area contributed by atoms with E-state index in [-0.39, 0.29) is 13.0 Å². The lowest BCUT2D eigenvalue weighted by Gasteiger charge is -2.31. The quantitative estimate of drug-likeness (QED) is 0.553. The van der Waals surface area contributed by atoms with Crippen LogP contribution in [0.5, 0.6) is 0 Å². The van der Waals surface area contributed by atoms with Crippen LogP contribution in [0.4, 0.5) is 36.2 Å². The summed E-state index contributed by atoms with van der Waals surface area (Å²) in [6.07, 6.45) is -1.42. The van der Waals surface area contributed by atoms with Crippen molar-refractivity contribution in [3.63, 3.8) is 0 Å². The molecule has 3 heterocycles. The Balaban J connectivity index is 1.55. The molecule has 0 atom stereocenters. The summed E-state index contributed by atoms with van der Waals surface area (Å²) in [5.74, 6) is 0.0764. The molecule has 2 N–H and O–H groups in total. The average Bonchev–Trinajstić information content (AvgIpc) is 2.79. The first kappa shape index (κ1) is 22.0. The molecule has 0 fully saturated rings. The third kappa shape index (κ3) is 4.85. The van der Waals surface area contributed by atoms with Crippen molar-refractivity contribution in [2.75, 3.05) is 16.8 Å². The second kappa shape index (κ2) is 8.74. The van der Waals surface area contributed by atoms with Gasteiger partial charge >= 0.3 is 12.1 Å². The Morgan fingerprint density at radius 2 is 2.03 bits per heavy atom. The lowest BCUT2D eigenvalue weighted by Crippen LogP contribution is -2.32. The van der Waals surface area contributed by atoms with E-state index in [1.807, 2.05) is 0 Å². The highest BCUT2D eigenvalue weighted by molar-refractivity contribution is 5.70. The molecule has 0 radical (unpaired) electrons. The first-order valence-corrected chi connectivity index (χ1v) is 9.84.